The molecule has 2 aromatic carbocycles. The fourth-order valence-corrected chi connectivity index (χ4v) is 2.95. The van der Waals surface area contributed by atoms with Gasteiger partial charge in [-0.25, -0.2) is 4.98 Å². The van der Waals surface area contributed by atoms with Gasteiger partial charge in [-0.05, 0) is 55.7 Å². The predicted octanol–water partition coefficient (Wildman–Crippen LogP) is 4.16. The molecule has 0 unspecified atom stereocenters. The Hall–Kier alpha value is -3.67. The molecule has 3 aromatic rings. The highest BCUT2D eigenvalue weighted by molar-refractivity contribution is 5.93. The number of nitrogens with zero attached hydrogens (tertiary/aromatic N) is 1. The maximum Gasteiger partial charge on any atom is 0.248 e. The number of carbonyl (C=O) groups excluding carboxylic acids is 2. The third-order valence-electron chi connectivity index (χ3n) is 4.48. The third-order valence-corrected chi connectivity index (χ3v) is 4.48. The van der Waals surface area contributed by atoms with Gasteiger partial charge in [0.05, 0.1) is 11.9 Å². The second-order valence-electron chi connectivity index (χ2n) is 6.86. The van der Waals surface area contributed by atoms with Crippen molar-refractivity contribution in [3.05, 3.63) is 83.0 Å². The van der Waals surface area contributed by atoms with E-state index in [1.165, 1.54) is 22.9 Å². The lowest BCUT2D eigenvalue weighted by atomic mass is 10.0. The number of ether oxygens (including phenoxy) is 1. The topological polar surface area (TPSA) is 94.3 Å². The summed E-state index contributed by atoms with van der Waals surface area (Å²) in [6.45, 7) is 4.11. The van der Waals surface area contributed by atoms with E-state index in [4.69, 9.17) is 10.5 Å². The number of nitrogens with two attached hydrogens (primary N) is 1. The molecule has 0 aliphatic carbocycles. The monoisotopic (exact) mass is 389 g/mol. The largest absolute Gasteiger partial charge is 0.439 e. The van der Waals surface area contributed by atoms with Gasteiger partial charge in [0.1, 0.15) is 5.75 Å². The Kier molecular flexibility index (Phi) is 6.24. The fraction of sp³-hybridized carbons (Fsp3) is 0.174. The van der Waals surface area contributed by atoms with Gasteiger partial charge >= 0.3 is 0 Å². The van der Waals surface area contributed by atoms with Gasteiger partial charge in [0.25, 0.3) is 0 Å². The van der Waals surface area contributed by atoms with Gasteiger partial charge in [0.15, 0.2) is 0 Å². The second-order valence-corrected chi connectivity index (χ2v) is 6.86. The van der Waals surface area contributed by atoms with Gasteiger partial charge in [0.2, 0.25) is 17.7 Å². The van der Waals surface area contributed by atoms with E-state index in [9.17, 15) is 9.59 Å². The van der Waals surface area contributed by atoms with Crippen LogP contribution in [0.15, 0.2) is 60.8 Å². The minimum Gasteiger partial charge on any atom is -0.439 e. The molecule has 148 valence electrons. The van der Waals surface area contributed by atoms with Crippen molar-refractivity contribution in [1.29, 1.82) is 0 Å². The van der Waals surface area contributed by atoms with Crippen LogP contribution >= 0.6 is 0 Å². The van der Waals surface area contributed by atoms with Crippen LogP contribution in [-0.4, -0.2) is 16.8 Å². The molecule has 0 aliphatic heterocycles. The van der Waals surface area contributed by atoms with E-state index in [-0.39, 0.29) is 5.91 Å². The van der Waals surface area contributed by atoms with Crippen LogP contribution in [0.4, 0.5) is 5.69 Å². The Morgan fingerprint density at radius 3 is 2.59 bits per heavy atom. The second kappa shape index (κ2) is 9.01. The molecule has 0 fully saturated rings. The number of amides is 2. The van der Waals surface area contributed by atoms with Crippen molar-refractivity contribution in [3.8, 4) is 11.6 Å². The number of carbonyl (C=O) groups is 2. The van der Waals surface area contributed by atoms with Gasteiger partial charge < -0.3 is 15.8 Å². The summed E-state index contributed by atoms with van der Waals surface area (Å²) in [5, 5.41) is 2.84. The lowest BCUT2D eigenvalue weighted by Crippen LogP contribution is -2.12. The molecule has 29 heavy (non-hydrogen) atoms. The van der Waals surface area contributed by atoms with Crippen LogP contribution in [0.1, 0.15) is 33.5 Å². The number of aromatic nitrogens is 1. The zero-order chi connectivity index (χ0) is 20.8. The van der Waals surface area contributed by atoms with E-state index in [0.29, 0.717) is 35.7 Å². The van der Waals surface area contributed by atoms with Crippen molar-refractivity contribution >= 4 is 17.5 Å². The minimum absolute atomic E-state index is 0.0744. The van der Waals surface area contributed by atoms with E-state index >= 15 is 0 Å². The van der Waals surface area contributed by atoms with Crippen LogP contribution in [0.2, 0.25) is 0 Å². The number of pyridine rings is 1. The molecule has 0 radical (unpaired) electrons. The number of primary amides is 1. The molecule has 0 aliphatic rings. The van der Waals surface area contributed by atoms with E-state index in [0.717, 1.165) is 0 Å². The summed E-state index contributed by atoms with van der Waals surface area (Å²) >= 11 is 0. The first-order valence-electron chi connectivity index (χ1n) is 9.30. The first-order chi connectivity index (χ1) is 13.9. The quantitative estimate of drug-likeness (QED) is 0.634. The van der Waals surface area contributed by atoms with E-state index < -0.39 is 5.91 Å². The number of anilines is 1. The maximum atomic E-state index is 12.2. The standard InChI is InChI=1S/C23H23N3O3/c1-15-6-7-17(16(2)12-15)8-10-21(27)26-19-9-11-22(25-14-19)29-20-5-3-4-18(13-20)23(24)28/h3-7,9,11-14H,8,10H2,1-2H3,(H2,24,28)(H,26,27). The Bertz CT molecular complexity index is 1030. The molecule has 1 heterocycles. The Balaban J connectivity index is 1.55. The average Bonchev–Trinajstić information content (AvgIpc) is 2.69. The summed E-state index contributed by atoms with van der Waals surface area (Å²) < 4.78 is 5.63. The van der Waals surface area contributed by atoms with E-state index in [1.54, 1.807) is 36.4 Å². The smallest absolute Gasteiger partial charge is 0.248 e. The Morgan fingerprint density at radius 2 is 1.90 bits per heavy atom. The number of hydrogen-bond donors (Lipinski definition) is 2. The van der Waals surface area contributed by atoms with Crippen molar-refractivity contribution in [2.45, 2.75) is 26.7 Å². The van der Waals surface area contributed by atoms with Gasteiger partial charge in [-0.2, -0.15) is 0 Å². The maximum absolute atomic E-state index is 12.2. The first kappa shape index (κ1) is 20.1. The molecule has 0 spiro atoms. The number of rotatable bonds is 7. The number of benzene rings is 2. The summed E-state index contributed by atoms with van der Waals surface area (Å²) in [6.07, 6.45) is 2.60. The van der Waals surface area contributed by atoms with Crippen LogP contribution < -0.4 is 15.8 Å². The van der Waals surface area contributed by atoms with Crippen molar-refractivity contribution < 1.29 is 14.3 Å². The summed E-state index contributed by atoms with van der Waals surface area (Å²) in [4.78, 5) is 27.7. The van der Waals surface area contributed by atoms with Crippen molar-refractivity contribution in [2.75, 3.05) is 5.32 Å². The fourth-order valence-electron chi connectivity index (χ4n) is 2.95. The molecule has 0 saturated heterocycles. The van der Waals surface area contributed by atoms with Crippen molar-refractivity contribution in [2.24, 2.45) is 5.73 Å². The molecule has 6 nitrogen and oxygen atoms in total. The van der Waals surface area contributed by atoms with Gasteiger partial charge in [-0.1, -0.05) is 29.8 Å². The minimum atomic E-state index is -0.526. The molecular weight excluding hydrogens is 366 g/mol. The summed E-state index contributed by atoms with van der Waals surface area (Å²) in [5.74, 6) is 0.204. The number of hydrogen-bond acceptors (Lipinski definition) is 4. The molecule has 0 saturated carbocycles. The van der Waals surface area contributed by atoms with Gasteiger partial charge in [-0.15, -0.1) is 0 Å². The molecule has 6 heteroatoms. The van der Waals surface area contributed by atoms with Crippen LogP contribution in [0, 0.1) is 13.8 Å². The molecule has 0 atom stereocenters. The van der Waals surface area contributed by atoms with Gasteiger partial charge in [-0.3, -0.25) is 9.59 Å². The highest BCUT2D eigenvalue weighted by Crippen LogP contribution is 2.21. The highest BCUT2D eigenvalue weighted by atomic mass is 16.5. The lowest BCUT2D eigenvalue weighted by Gasteiger charge is -2.09. The van der Waals surface area contributed by atoms with E-state index in [1.807, 2.05) is 0 Å². The van der Waals surface area contributed by atoms with Crippen molar-refractivity contribution in [1.82, 2.24) is 4.98 Å². The number of aryl methyl sites for hydroxylation is 3. The predicted molar refractivity (Wildman–Crippen MR) is 112 cm³/mol. The third kappa shape index (κ3) is 5.65. The Morgan fingerprint density at radius 1 is 1.07 bits per heavy atom. The van der Waals surface area contributed by atoms with Crippen LogP contribution in [0.25, 0.3) is 0 Å². The van der Waals surface area contributed by atoms with Gasteiger partial charge in [0, 0.05) is 18.1 Å². The van der Waals surface area contributed by atoms with Crippen molar-refractivity contribution in [3.63, 3.8) is 0 Å². The summed E-state index contributed by atoms with van der Waals surface area (Å²) in [6, 6.07) is 16.2. The Labute approximate surface area is 169 Å². The molecule has 1 aromatic heterocycles. The molecule has 3 rings (SSSR count). The first-order valence-corrected chi connectivity index (χ1v) is 9.30. The normalized spacial score (nSPS) is 10.4. The lowest BCUT2D eigenvalue weighted by molar-refractivity contribution is -0.116. The molecule has 3 N–H and O–H groups in total. The summed E-state index contributed by atoms with van der Waals surface area (Å²) in [7, 11) is 0. The SMILES string of the molecule is Cc1ccc(CCC(=O)Nc2ccc(Oc3cccc(C(N)=O)c3)nc2)c(C)c1. The van der Waals surface area contributed by atoms with Crippen LogP contribution in [-0.2, 0) is 11.2 Å². The molecular formula is C23H23N3O3. The number of nitrogens with one attached hydrogen (secondary N) is 1. The zero-order valence-corrected chi connectivity index (χ0v) is 16.4. The van der Waals surface area contributed by atoms with E-state index in [2.05, 4.69) is 42.3 Å². The highest BCUT2D eigenvalue weighted by Gasteiger charge is 2.07. The molecule has 0 bridgehead atoms. The van der Waals surface area contributed by atoms with Crippen LogP contribution in [0.3, 0.4) is 0 Å². The summed E-state index contributed by atoms with van der Waals surface area (Å²) in [5.41, 5.74) is 9.80. The van der Waals surface area contributed by atoms with Crippen LogP contribution in [0.5, 0.6) is 11.6 Å². The molecule has 2 amide bonds. The average molecular weight is 389 g/mol. The zero-order valence-electron chi connectivity index (χ0n) is 16.4.